The van der Waals surface area contributed by atoms with Crippen LogP contribution in [0.4, 0.5) is 0 Å². The Morgan fingerprint density at radius 1 is 1.05 bits per heavy atom. The Morgan fingerprint density at radius 3 is 2.43 bits per heavy atom. The molecule has 0 heterocycles. The van der Waals surface area contributed by atoms with Crippen LogP contribution in [0.25, 0.3) is 0 Å². The molecule has 3 aromatic rings. The highest BCUT2D eigenvalue weighted by Crippen LogP contribution is 2.36. The van der Waals surface area contributed by atoms with Crippen LogP contribution in [0.3, 0.4) is 0 Å². The van der Waals surface area contributed by atoms with Gasteiger partial charge in [0.25, 0.3) is 5.91 Å². The van der Waals surface area contributed by atoms with E-state index in [1.807, 2.05) is 12.1 Å². The van der Waals surface area contributed by atoms with Gasteiger partial charge in [0, 0.05) is 18.5 Å². The minimum atomic E-state index is -0.348. The third kappa shape index (κ3) is 8.08. The molecule has 0 bridgehead atoms. The number of methoxy groups -OCH3 is 2. The van der Waals surface area contributed by atoms with E-state index in [2.05, 4.69) is 37.8 Å². The summed E-state index contributed by atoms with van der Waals surface area (Å²) in [7, 11) is 3.08. The van der Waals surface area contributed by atoms with Gasteiger partial charge in [0.05, 0.1) is 36.5 Å². The number of nitriles is 1. The average molecular weight is 565 g/mol. The summed E-state index contributed by atoms with van der Waals surface area (Å²) in [5.41, 5.74) is 5.07. The lowest BCUT2D eigenvalue weighted by molar-refractivity contribution is -0.120. The highest BCUT2D eigenvalue weighted by Gasteiger charge is 2.12. The van der Waals surface area contributed by atoms with E-state index < -0.39 is 0 Å². The Hall–Kier alpha value is -4.36. The van der Waals surface area contributed by atoms with Gasteiger partial charge in [-0.3, -0.25) is 9.59 Å². The second kappa shape index (κ2) is 13.7. The highest BCUT2D eigenvalue weighted by atomic mass is 79.9. The molecule has 0 aromatic heterocycles. The third-order valence-corrected chi connectivity index (χ3v) is 5.70. The number of carbonyl (C=O) groups is 2. The minimum Gasteiger partial charge on any atom is -0.497 e. The number of amides is 2. The molecule has 2 amide bonds. The predicted octanol–water partition coefficient (Wildman–Crippen LogP) is 4.19. The molecule has 0 aliphatic heterocycles. The first-order valence-electron chi connectivity index (χ1n) is 11.2. The SMILES string of the molecule is COc1ccc(C(=O)NCCC(=O)NN=Cc2cc(Br)c(OCc3ccc(C#N)cc3)c(OC)c2)cc1. The van der Waals surface area contributed by atoms with Crippen molar-refractivity contribution in [3.63, 3.8) is 0 Å². The summed E-state index contributed by atoms with van der Waals surface area (Å²) in [5, 5.41) is 15.6. The monoisotopic (exact) mass is 564 g/mol. The zero-order valence-corrected chi connectivity index (χ0v) is 21.9. The van der Waals surface area contributed by atoms with Crippen molar-refractivity contribution in [2.24, 2.45) is 5.10 Å². The number of rotatable bonds is 11. The Morgan fingerprint density at radius 2 is 1.78 bits per heavy atom. The molecule has 0 atom stereocenters. The molecule has 2 N–H and O–H groups in total. The highest BCUT2D eigenvalue weighted by molar-refractivity contribution is 9.10. The largest absolute Gasteiger partial charge is 0.497 e. The zero-order valence-electron chi connectivity index (χ0n) is 20.3. The molecular formula is C27H25BrN4O5. The number of ether oxygens (including phenoxy) is 3. The molecular weight excluding hydrogens is 540 g/mol. The van der Waals surface area contributed by atoms with Crippen molar-refractivity contribution >= 4 is 34.0 Å². The topological polar surface area (TPSA) is 122 Å². The van der Waals surface area contributed by atoms with Crippen molar-refractivity contribution in [2.75, 3.05) is 20.8 Å². The quantitative estimate of drug-likeness (QED) is 0.266. The normalized spacial score (nSPS) is 10.4. The molecule has 9 nitrogen and oxygen atoms in total. The van der Waals surface area contributed by atoms with Gasteiger partial charge >= 0.3 is 0 Å². The summed E-state index contributed by atoms with van der Waals surface area (Å²) in [6.45, 7) is 0.454. The molecule has 0 aliphatic rings. The summed E-state index contributed by atoms with van der Waals surface area (Å²) < 4.78 is 17.1. The van der Waals surface area contributed by atoms with Gasteiger partial charge in [-0.05, 0) is 75.6 Å². The number of halogens is 1. The fraction of sp³-hybridized carbons (Fsp3) is 0.185. The molecule has 0 spiro atoms. The van der Waals surface area contributed by atoms with Crippen molar-refractivity contribution in [3.05, 3.63) is 87.4 Å². The third-order valence-electron chi connectivity index (χ3n) is 5.11. The van der Waals surface area contributed by atoms with E-state index in [9.17, 15) is 9.59 Å². The molecule has 190 valence electrons. The number of nitrogens with zero attached hydrogens (tertiary/aromatic N) is 2. The van der Waals surface area contributed by atoms with E-state index >= 15 is 0 Å². The molecule has 3 rings (SSSR count). The standard InChI is InChI=1S/C27H25BrN4O5/c1-35-22-9-7-21(8-10-22)27(34)30-12-11-25(33)32-31-16-20-13-23(28)26(24(14-20)36-2)37-17-19-5-3-18(15-29)4-6-19/h3-10,13-14,16H,11-12,17H2,1-2H3,(H,30,34)(H,32,33). The molecule has 3 aromatic carbocycles. The summed E-state index contributed by atoms with van der Waals surface area (Å²) in [6.07, 6.45) is 1.54. The van der Waals surface area contributed by atoms with Crippen LogP contribution < -0.4 is 25.0 Å². The van der Waals surface area contributed by atoms with Crippen molar-refractivity contribution in [2.45, 2.75) is 13.0 Å². The van der Waals surface area contributed by atoms with Crippen LogP contribution in [0.5, 0.6) is 17.2 Å². The number of hydrazone groups is 1. The van der Waals surface area contributed by atoms with E-state index in [1.54, 1.807) is 55.6 Å². The summed E-state index contributed by atoms with van der Waals surface area (Å²) in [6, 6.07) is 19.4. The van der Waals surface area contributed by atoms with Crippen molar-refractivity contribution in [1.82, 2.24) is 10.7 Å². The molecule has 0 saturated carbocycles. The molecule has 0 aliphatic carbocycles. The molecule has 0 unspecified atom stereocenters. The lowest BCUT2D eigenvalue weighted by atomic mass is 10.1. The fourth-order valence-electron chi connectivity index (χ4n) is 3.15. The Bertz CT molecular complexity index is 1300. The van der Waals surface area contributed by atoms with Crippen molar-refractivity contribution < 1.29 is 23.8 Å². The van der Waals surface area contributed by atoms with Crippen LogP contribution in [0, 0.1) is 11.3 Å². The van der Waals surface area contributed by atoms with Crippen LogP contribution in [-0.2, 0) is 11.4 Å². The summed E-state index contributed by atoms with van der Waals surface area (Å²) in [4.78, 5) is 24.2. The smallest absolute Gasteiger partial charge is 0.251 e. The number of carbonyl (C=O) groups excluding carboxylic acids is 2. The maximum absolute atomic E-state index is 12.1. The van der Waals surface area contributed by atoms with Crippen LogP contribution in [0.15, 0.2) is 70.2 Å². The second-order valence-electron chi connectivity index (χ2n) is 7.66. The Balaban J connectivity index is 1.49. The number of benzene rings is 3. The minimum absolute atomic E-state index is 0.0639. The lowest BCUT2D eigenvalue weighted by Gasteiger charge is -2.13. The van der Waals surface area contributed by atoms with Gasteiger partial charge in [-0.1, -0.05) is 12.1 Å². The number of hydrogen-bond donors (Lipinski definition) is 2. The van der Waals surface area contributed by atoms with Gasteiger partial charge < -0.3 is 19.5 Å². The van der Waals surface area contributed by atoms with Crippen LogP contribution in [0.2, 0.25) is 0 Å². The predicted molar refractivity (Wildman–Crippen MR) is 142 cm³/mol. The van der Waals surface area contributed by atoms with E-state index in [0.29, 0.717) is 45.0 Å². The first kappa shape index (κ1) is 27.2. The number of hydrogen-bond acceptors (Lipinski definition) is 7. The Labute approximate surface area is 223 Å². The van der Waals surface area contributed by atoms with E-state index in [0.717, 1.165) is 5.56 Å². The van der Waals surface area contributed by atoms with Gasteiger partial charge in [-0.2, -0.15) is 10.4 Å². The molecule has 10 heteroatoms. The van der Waals surface area contributed by atoms with Crippen molar-refractivity contribution in [3.8, 4) is 23.3 Å². The zero-order chi connectivity index (χ0) is 26.6. The Kier molecular flexibility index (Phi) is 10.0. The number of nitrogens with one attached hydrogen (secondary N) is 2. The first-order valence-corrected chi connectivity index (χ1v) is 12.0. The average Bonchev–Trinajstić information content (AvgIpc) is 2.92. The summed E-state index contributed by atoms with van der Waals surface area (Å²) in [5.74, 6) is 1.03. The molecule has 0 fully saturated rings. The second-order valence-corrected chi connectivity index (χ2v) is 8.51. The maximum Gasteiger partial charge on any atom is 0.251 e. The van der Waals surface area contributed by atoms with Crippen LogP contribution >= 0.6 is 15.9 Å². The fourth-order valence-corrected chi connectivity index (χ4v) is 3.73. The molecule has 0 radical (unpaired) electrons. The summed E-state index contributed by atoms with van der Waals surface area (Å²) >= 11 is 3.49. The van der Waals surface area contributed by atoms with Crippen molar-refractivity contribution in [1.29, 1.82) is 5.26 Å². The maximum atomic E-state index is 12.1. The van der Waals surface area contributed by atoms with Crippen LogP contribution in [-0.4, -0.2) is 38.8 Å². The van der Waals surface area contributed by atoms with Gasteiger partial charge in [-0.25, -0.2) is 5.43 Å². The van der Waals surface area contributed by atoms with E-state index in [1.165, 1.54) is 13.3 Å². The van der Waals surface area contributed by atoms with Gasteiger partial charge in [-0.15, -0.1) is 0 Å². The van der Waals surface area contributed by atoms with E-state index in [4.69, 9.17) is 19.5 Å². The lowest BCUT2D eigenvalue weighted by Crippen LogP contribution is -2.29. The molecule has 37 heavy (non-hydrogen) atoms. The van der Waals surface area contributed by atoms with E-state index in [-0.39, 0.29) is 24.8 Å². The first-order chi connectivity index (χ1) is 17.9. The van der Waals surface area contributed by atoms with Crippen LogP contribution in [0.1, 0.15) is 33.5 Å². The van der Waals surface area contributed by atoms with Gasteiger partial charge in [0.1, 0.15) is 12.4 Å². The van der Waals surface area contributed by atoms with Gasteiger partial charge in [0.2, 0.25) is 5.91 Å². The molecule has 0 saturated heterocycles. The van der Waals surface area contributed by atoms with Gasteiger partial charge in [0.15, 0.2) is 11.5 Å².